The zero-order chi connectivity index (χ0) is 24.5. The normalized spacial score (nSPS) is 17.5. The third-order valence-electron chi connectivity index (χ3n) is 5.55. The van der Waals surface area contributed by atoms with Crippen molar-refractivity contribution in [3.63, 3.8) is 0 Å². The van der Waals surface area contributed by atoms with Crippen LogP contribution in [-0.2, 0) is 6.18 Å². The number of rotatable bonds is 7. The number of aliphatic hydroxyl groups excluding tert-OH is 1. The number of piperidine rings is 1. The van der Waals surface area contributed by atoms with E-state index in [1.165, 1.54) is 4.52 Å². The predicted molar refractivity (Wildman–Crippen MR) is 113 cm³/mol. The Hall–Kier alpha value is -3.06. The number of aryl methyl sites for hydroxylation is 1. The van der Waals surface area contributed by atoms with Crippen LogP contribution in [-0.4, -0.2) is 68.7 Å². The van der Waals surface area contributed by atoms with Crippen molar-refractivity contribution in [2.24, 2.45) is 0 Å². The summed E-state index contributed by atoms with van der Waals surface area (Å²) in [6, 6.07) is 3.98. The molecule has 3 aromatic rings. The Labute approximate surface area is 191 Å². The van der Waals surface area contributed by atoms with Gasteiger partial charge >= 0.3 is 12.8 Å². The van der Waals surface area contributed by atoms with Gasteiger partial charge < -0.3 is 15.2 Å². The molecule has 0 bridgehead atoms. The molecule has 184 valence electrons. The van der Waals surface area contributed by atoms with E-state index in [0.29, 0.717) is 36.3 Å². The van der Waals surface area contributed by atoms with Crippen LogP contribution in [0.15, 0.2) is 24.3 Å². The molecule has 0 spiro atoms. The number of hydrogen-bond donors (Lipinski definition) is 2. The van der Waals surface area contributed by atoms with Crippen LogP contribution in [0.25, 0.3) is 16.8 Å². The summed E-state index contributed by atoms with van der Waals surface area (Å²) >= 11 is 0. The number of halogens is 5. The van der Waals surface area contributed by atoms with E-state index in [1.54, 1.807) is 13.0 Å². The van der Waals surface area contributed by atoms with Crippen molar-refractivity contribution >= 4 is 11.5 Å². The van der Waals surface area contributed by atoms with Gasteiger partial charge in [0.25, 0.3) is 0 Å². The molecule has 8 nitrogen and oxygen atoms in total. The second-order valence-corrected chi connectivity index (χ2v) is 8.05. The second-order valence-electron chi connectivity index (χ2n) is 8.05. The average Bonchev–Trinajstić information content (AvgIpc) is 3.15. The first kappa shape index (κ1) is 24.1. The highest BCUT2D eigenvalue weighted by Crippen LogP contribution is 2.38. The number of ether oxygens (including phenoxy) is 1. The van der Waals surface area contributed by atoms with Gasteiger partial charge in [-0.25, -0.2) is 0 Å². The first-order valence-corrected chi connectivity index (χ1v) is 10.6. The maximum atomic E-state index is 13.1. The third kappa shape index (κ3) is 5.20. The van der Waals surface area contributed by atoms with E-state index in [2.05, 4.69) is 30.2 Å². The van der Waals surface area contributed by atoms with E-state index >= 15 is 0 Å². The summed E-state index contributed by atoms with van der Waals surface area (Å²) in [5.74, 6) is -0.349. The number of nitrogens with one attached hydrogen (secondary N) is 1. The number of hydrogen-bond acceptors (Lipinski definition) is 7. The largest absolute Gasteiger partial charge is 0.434 e. The minimum Gasteiger partial charge on any atom is -0.434 e. The molecule has 3 heterocycles. The summed E-state index contributed by atoms with van der Waals surface area (Å²) in [6.45, 7) is 0.553. The van der Waals surface area contributed by atoms with Gasteiger partial charge in [0, 0.05) is 24.7 Å². The number of nitrogens with zero attached hydrogens (tertiary/aromatic N) is 5. The number of β-amino-alcohol motifs (C(OH)–C–C–N with tert-alkyl or cyclic N) is 1. The van der Waals surface area contributed by atoms with Crippen LogP contribution in [0.1, 0.15) is 24.1 Å². The van der Waals surface area contributed by atoms with E-state index in [0.717, 1.165) is 31.5 Å². The molecule has 13 heteroatoms. The Balaban J connectivity index is 1.73. The lowest BCUT2D eigenvalue weighted by atomic mass is 10.1. The first-order chi connectivity index (χ1) is 16.2. The number of aliphatic hydroxyl groups is 1. The SMILES string of the molecule is Cc1cc2c(-c3ccc(C(F)(F)F)cc3OC(F)F)nnc(N[C@@H]3CCCN(CCO)C3)n2n1. The molecule has 0 radical (unpaired) electrons. The van der Waals surface area contributed by atoms with Crippen LogP contribution >= 0.6 is 0 Å². The molecule has 1 fully saturated rings. The van der Waals surface area contributed by atoms with E-state index in [1.807, 2.05) is 0 Å². The van der Waals surface area contributed by atoms with Crippen molar-refractivity contribution in [2.75, 3.05) is 31.6 Å². The van der Waals surface area contributed by atoms with Crippen molar-refractivity contribution in [2.45, 2.75) is 38.6 Å². The summed E-state index contributed by atoms with van der Waals surface area (Å²) in [6.07, 6.45) is -2.95. The highest BCUT2D eigenvalue weighted by molar-refractivity contribution is 5.81. The summed E-state index contributed by atoms with van der Waals surface area (Å²) < 4.78 is 71.2. The fourth-order valence-corrected chi connectivity index (χ4v) is 4.09. The Morgan fingerprint density at radius 1 is 1.24 bits per heavy atom. The Bertz CT molecular complexity index is 1150. The van der Waals surface area contributed by atoms with Crippen molar-refractivity contribution < 1.29 is 31.8 Å². The summed E-state index contributed by atoms with van der Waals surface area (Å²) in [5, 5.41) is 25.2. The van der Waals surface area contributed by atoms with Crippen LogP contribution in [0.5, 0.6) is 5.75 Å². The minimum atomic E-state index is -4.73. The lowest BCUT2D eigenvalue weighted by molar-refractivity contribution is -0.138. The van der Waals surface area contributed by atoms with Crippen LogP contribution in [0, 0.1) is 6.92 Å². The molecule has 1 aliphatic rings. The Morgan fingerprint density at radius 3 is 2.74 bits per heavy atom. The monoisotopic (exact) mass is 486 g/mol. The maximum Gasteiger partial charge on any atom is 0.416 e. The van der Waals surface area contributed by atoms with Crippen LogP contribution < -0.4 is 10.1 Å². The number of fused-ring (bicyclic) bond motifs is 1. The zero-order valence-corrected chi connectivity index (χ0v) is 18.2. The highest BCUT2D eigenvalue weighted by Gasteiger charge is 2.32. The van der Waals surface area contributed by atoms with Crippen molar-refractivity contribution in [1.29, 1.82) is 0 Å². The van der Waals surface area contributed by atoms with E-state index in [9.17, 15) is 27.1 Å². The quantitative estimate of drug-likeness (QED) is 0.494. The van der Waals surface area contributed by atoms with Crippen molar-refractivity contribution in [1.82, 2.24) is 24.7 Å². The molecule has 1 saturated heterocycles. The summed E-state index contributed by atoms with van der Waals surface area (Å²) in [7, 11) is 0. The number of alkyl halides is 5. The Kier molecular flexibility index (Phi) is 6.84. The lowest BCUT2D eigenvalue weighted by Crippen LogP contribution is -2.43. The molecule has 0 aliphatic carbocycles. The van der Waals surface area contributed by atoms with E-state index in [4.69, 9.17) is 0 Å². The van der Waals surface area contributed by atoms with Gasteiger partial charge in [0.05, 0.1) is 23.4 Å². The van der Waals surface area contributed by atoms with Gasteiger partial charge in [0.15, 0.2) is 0 Å². The van der Waals surface area contributed by atoms with E-state index in [-0.39, 0.29) is 23.9 Å². The van der Waals surface area contributed by atoms with Gasteiger partial charge in [-0.1, -0.05) is 0 Å². The molecule has 1 atom stereocenters. The lowest BCUT2D eigenvalue weighted by Gasteiger charge is -2.32. The van der Waals surface area contributed by atoms with Gasteiger partial charge in [0.2, 0.25) is 5.95 Å². The first-order valence-electron chi connectivity index (χ1n) is 10.6. The second kappa shape index (κ2) is 9.66. The molecule has 0 unspecified atom stereocenters. The molecular formula is C21H23F5N6O2. The topological polar surface area (TPSA) is 87.8 Å². The molecule has 0 saturated carbocycles. The molecule has 1 aromatic carbocycles. The predicted octanol–water partition coefficient (Wildman–Crippen LogP) is 3.59. The van der Waals surface area contributed by atoms with Crippen molar-refractivity contribution in [3.05, 3.63) is 35.5 Å². The minimum absolute atomic E-state index is 0.0111. The van der Waals surface area contributed by atoms with Crippen LogP contribution in [0.2, 0.25) is 0 Å². The van der Waals surface area contributed by atoms with Gasteiger partial charge in [-0.15, -0.1) is 10.2 Å². The van der Waals surface area contributed by atoms with Gasteiger partial charge in [0.1, 0.15) is 11.4 Å². The molecule has 2 aromatic heterocycles. The Morgan fingerprint density at radius 2 is 2.03 bits per heavy atom. The number of benzene rings is 1. The summed E-state index contributed by atoms with van der Waals surface area (Å²) in [4.78, 5) is 2.12. The smallest absolute Gasteiger partial charge is 0.416 e. The number of anilines is 1. The van der Waals surface area contributed by atoms with Gasteiger partial charge in [-0.05, 0) is 50.6 Å². The summed E-state index contributed by atoms with van der Waals surface area (Å²) in [5.41, 5.74) is -0.182. The standard InChI is InChI=1S/C21H23F5N6O2/c1-12-9-16-18(15-5-4-13(21(24,25)26)10-17(15)34-19(22)23)28-29-20(32(16)30-12)27-14-3-2-6-31(11-14)7-8-33/h4-5,9-10,14,19,33H,2-3,6-8,11H2,1H3,(H,27,29)/t14-/m1/s1. The molecule has 1 aliphatic heterocycles. The molecule has 4 rings (SSSR count). The number of aromatic nitrogens is 4. The van der Waals surface area contributed by atoms with Gasteiger partial charge in [-0.3, -0.25) is 4.90 Å². The zero-order valence-electron chi connectivity index (χ0n) is 18.2. The fraction of sp³-hybridized carbons (Fsp3) is 0.476. The van der Waals surface area contributed by atoms with Crippen LogP contribution in [0.4, 0.5) is 27.9 Å². The molecule has 34 heavy (non-hydrogen) atoms. The fourth-order valence-electron chi connectivity index (χ4n) is 4.09. The molecule has 0 amide bonds. The van der Waals surface area contributed by atoms with Crippen LogP contribution in [0.3, 0.4) is 0 Å². The van der Waals surface area contributed by atoms with E-state index < -0.39 is 24.1 Å². The molecule has 2 N–H and O–H groups in total. The highest BCUT2D eigenvalue weighted by atomic mass is 19.4. The maximum absolute atomic E-state index is 13.1. The average molecular weight is 486 g/mol. The van der Waals surface area contributed by atoms with Crippen molar-refractivity contribution in [3.8, 4) is 17.0 Å². The number of likely N-dealkylation sites (tertiary alicyclic amines) is 1. The third-order valence-corrected chi connectivity index (χ3v) is 5.55. The molecular weight excluding hydrogens is 463 g/mol. The van der Waals surface area contributed by atoms with Gasteiger partial charge in [-0.2, -0.15) is 31.6 Å².